The summed E-state index contributed by atoms with van der Waals surface area (Å²) >= 11 is 0. The predicted octanol–water partition coefficient (Wildman–Crippen LogP) is 0.953. The Hall–Kier alpha value is -0.120. The lowest BCUT2D eigenvalue weighted by atomic mass is 9.94. The molecule has 0 heterocycles. The van der Waals surface area contributed by atoms with E-state index in [1.807, 2.05) is 0 Å². The normalized spacial score (nSPS) is 30.5. The highest BCUT2D eigenvalue weighted by Crippen LogP contribution is 2.22. The molecule has 1 aliphatic rings. The van der Waals surface area contributed by atoms with Crippen molar-refractivity contribution in [2.75, 3.05) is 20.3 Å². The van der Waals surface area contributed by atoms with Gasteiger partial charge in [-0.15, -0.1) is 0 Å². The molecule has 12 heavy (non-hydrogen) atoms. The fraction of sp³-hybridized carbons (Fsp3) is 1.00. The molecule has 0 spiro atoms. The molecule has 0 aromatic carbocycles. The molecule has 1 N–H and O–H groups in total. The fourth-order valence-corrected chi connectivity index (χ4v) is 1.73. The predicted molar refractivity (Wildman–Crippen MR) is 46.1 cm³/mol. The van der Waals surface area contributed by atoms with Crippen LogP contribution in [0.1, 0.15) is 25.7 Å². The summed E-state index contributed by atoms with van der Waals surface area (Å²) in [6.45, 7) is 0.539. The van der Waals surface area contributed by atoms with Crippen LogP contribution >= 0.6 is 0 Å². The number of ether oxygens (including phenoxy) is 2. The minimum atomic E-state index is 0.104. The molecule has 0 bridgehead atoms. The lowest BCUT2D eigenvalue weighted by Gasteiger charge is -2.30. The van der Waals surface area contributed by atoms with Crippen molar-refractivity contribution in [1.82, 2.24) is 0 Å². The molecule has 3 heteroatoms. The second kappa shape index (κ2) is 5.51. The van der Waals surface area contributed by atoms with Gasteiger partial charge in [-0.1, -0.05) is 12.8 Å². The molecule has 72 valence electrons. The number of hydrogen-bond acceptors (Lipinski definition) is 3. The molecule has 0 aromatic rings. The maximum atomic E-state index is 8.59. The number of aliphatic hydroxyl groups is 1. The molecular weight excluding hydrogens is 156 g/mol. The van der Waals surface area contributed by atoms with E-state index in [0.717, 1.165) is 12.8 Å². The summed E-state index contributed by atoms with van der Waals surface area (Å²) in [6, 6.07) is 0. The maximum Gasteiger partial charge on any atom is 0.0837 e. The molecule has 1 fully saturated rings. The zero-order chi connectivity index (χ0) is 8.81. The van der Waals surface area contributed by atoms with E-state index in [1.54, 1.807) is 7.11 Å². The molecular formula is C9H18O3. The molecule has 3 nitrogen and oxygen atoms in total. The van der Waals surface area contributed by atoms with Crippen LogP contribution in [0.2, 0.25) is 0 Å². The van der Waals surface area contributed by atoms with Crippen LogP contribution in [0.3, 0.4) is 0 Å². The van der Waals surface area contributed by atoms with E-state index < -0.39 is 0 Å². The van der Waals surface area contributed by atoms with Crippen molar-refractivity contribution in [2.45, 2.75) is 37.9 Å². The van der Waals surface area contributed by atoms with E-state index in [1.165, 1.54) is 12.8 Å². The van der Waals surface area contributed by atoms with Crippen LogP contribution in [0.15, 0.2) is 0 Å². The van der Waals surface area contributed by atoms with Crippen molar-refractivity contribution < 1.29 is 14.6 Å². The molecule has 0 saturated heterocycles. The van der Waals surface area contributed by atoms with Crippen molar-refractivity contribution in [3.05, 3.63) is 0 Å². The Bertz CT molecular complexity index is 116. The van der Waals surface area contributed by atoms with Crippen molar-refractivity contribution in [2.24, 2.45) is 0 Å². The number of methoxy groups -OCH3 is 1. The average Bonchev–Trinajstić information content (AvgIpc) is 2.15. The van der Waals surface area contributed by atoms with Gasteiger partial charge in [0.25, 0.3) is 0 Å². The second-order valence-corrected chi connectivity index (χ2v) is 3.19. The molecule has 2 atom stereocenters. The van der Waals surface area contributed by atoms with Gasteiger partial charge in [0.2, 0.25) is 0 Å². The zero-order valence-corrected chi connectivity index (χ0v) is 7.66. The van der Waals surface area contributed by atoms with Crippen molar-refractivity contribution in [3.8, 4) is 0 Å². The summed E-state index contributed by atoms with van der Waals surface area (Å²) in [7, 11) is 1.73. The van der Waals surface area contributed by atoms with Crippen LogP contribution in [0.4, 0.5) is 0 Å². The Kier molecular flexibility index (Phi) is 4.58. The summed E-state index contributed by atoms with van der Waals surface area (Å²) < 4.78 is 10.8. The first-order chi connectivity index (χ1) is 5.88. The molecule has 0 aromatic heterocycles. The third-order valence-electron chi connectivity index (χ3n) is 2.37. The highest BCUT2D eigenvalue weighted by Gasteiger charge is 2.24. The highest BCUT2D eigenvalue weighted by atomic mass is 16.5. The van der Waals surface area contributed by atoms with E-state index in [-0.39, 0.29) is 18.8 Å². The lowest BCUT2D eigenvalue weighted by Crippen LogP contribution is -2.34. The molecule has 1 rings (SSSR count). The second-order valence-electron chi connectivity index (χ2n) is 3.19. The SMILES string of the molecule is CO[C@@H]1CCCC[C@H]1OCCO. The average molecular weight is 174 g/mol. The standard InChI is InChI=1S/C9H18O3/c1-11-8-4-2-3-5-9(8)12-7-6-10/h8-10H,2-7H2,1H3/t8-,9-/m1/s1. The van der Waals surface area contributed by atoms with E-state index in [4.69, 9.17) is 14.6 Å². The van der Waals surface area contributed by atoms with Crippen LogP contribution < -0.4 is 0 Å². The van der Waals surface area contributed by atoms with Crippen LogP contribution in [0.5, 0.6) is 0 Å². The fourth-order valence-electron chi connectivity index (χ4n) is 1.73. The van der Waals surface area contributed by atoms with Gasteiger partial charge >= 0.3 is 0 Å². The van der Waals surface area contributed by atoms with Crippen molar-refractivity contribution in [1.29, 1.82) is 0 Å². The molecule has 1 aliphatic carbocycles. The van der Waals surface area contributed by atoms with Crippen molar-refractivity contribution in [3.63, 3.8) is 0 Å². The summed E-state index contributed by atoms with van der Waals surface area (Å²) in [5, 5.41) is 8.59. The smallest absolute Gasteiger partial charge is 0.0837 e. The minimum Gasteiger partial charge on any atom is -0.394 e. The largest absolute Gasteiger partial charge is 0.394 e. The highest BCUT2D eigenvalue weighted by molar-refractivity contribution is 4.76. The Morgan fingerprint density at radius 2 is 1.92 bits per heavy atom. The molecule has 0 radical (unpaired) electrons. The van der Waals surface area contributed by atoms with Gasteiger partial charge in [-0.3, -0.25) is 0 Å². The van der Waals surface area contributed by atoms with E-state index >= 15 is 0 Å². The minimum absolute atomic E-state index is 0.104. The first kappa shape index (κ1) is 9.96. The van der Waals surface area contributed by atoms with E-state index in [9.17, 15) is 0 Å². The van der Waals surface area contributed by atoms with Crippen LogP contribution in [0, 0.1) is 0 Å². The van der Waals surface area contributed by atoms with Gasteiger partial charge in [0.05, 0.1) is 25.4 Å². The van der Waals surface area contributed by atoms with Crippen LogP contribution in [-0.4, -0.2) is 37.6 Å². The van der Waals surface area contributed by atoms with E-state index in [2.05, 4.69) is 0 Å². The van der Waals surface area contributed by atoms with Gasteiger partial charge in [0, 0.05) is 7.11 Å². The van der Waals surface area contributed by atoms with Gasteiger partial charge in [-0.05, 0) is 12.8 Å². The maximum absolute atomic E-state index is 8.59. The Morgan fingerprint density at radius 1 is 1.25 bits per heavy atom. The quantitative estimate of drug-likeness (QED) is 0.689. The number of rotatable bonds is 4. The van der Waals surface area contributed by atoms with Gasteiger partial charge in [0.1, 0.15) is 0 Å². The summed E-state index contributed by atoms with van der Waals surface area (Å²) in [5.41, 5.74) is 0. The van der Waals surface area contributed by atoms with Gasteiger partial charge in [-0.2, -0.15) is 0 Å². The Morgan fingerprint density at radius 3 is 2.50 bits per heavy atom. The monoisotopic (exact) mass is 174 g/mol. The van der Waals surface area contributed by atoms with Gasteiger partial charge in [0.15, 0.2) is 0 Å². The van der Waals surface area contributed by atoms with E-state index in [0.29, 0.717) is 6.61 Å². The first-order valence-electron chi connectivity index (χ1n) is 4.63. The molecule has 0 aliphatic heterocycles. The topological polar surface area (TPSA) is 38.7 Å². The lowest BCUT2D eigenvalue weighted by molar-refractivity contribution is -0.0828. The summed E-state index contributed by atoms with van der Waals surface area (Å²) in [4.78, 5) is 0. The molecule has 1 saturated carbocycles. The van der Waals surface area contributed by atoms with Crippen LogP contribution in [0.25, 0.3) is 0 Å². The van der Waals surface area contributed by atoms with Crippen molar-refractivity contribution >= 4 is 0 Å². The molecule has 0 amide bonds. The number of aliphatic hydroxyl groups excluding tert-OH is 1. The Balaban J connectivity index is 2.26. The third-order valence-corrected chi connectivity index (χ3v) is 2.37. The first-order valence-corrected chi connectivity index (χ1v) is 4.63. The summed E-state index contributed by atoms with van der Waals surface area (Å²) in [6.07, 6.45) is 5.06. The van der Waals surface area contributed by atoms with Gasteiger partial charge < -0.3 is 14.6 Å². The summed E-state index contributed by atoms with van der Waals surface area (Å²) in [5.74, 6) is 0. The third kappa shape index (κ3) is 2.73. The zero-order valence-electron chi connectivity index (χ0n) is 7.66. The molecule has 0 unspecified atom stereocenters. The van der Waals surface area contributed by atoms with Gasteiger partial charge in [-0.25, -0.2) is 0 Å². The van der Waals surface area contributed by atoms with Crippen LogP contribution in [-0.2, 0) is 9.47 Å². The number of hydrogen-bond donors (Lipinski definition) is 1. The Labute approximate surface area is 73.7 Å².